The third-order valence-electron chi connectivity index (χ3n) is 6.12. The smallest absolute Gasteiger partial charge is 0.410 e. The van der Waals surface area contributed by atoms with E-state index in [1.54, 1.807) is 23.9 Å². The first-order valence-corrected chi connectivity index (χ1v) is 10.8. The zero-order valence-corrected chi connectivity index (χ0v) is 18.5. The molecule has 3 saturated heterocycles. The average Bonchev–Trinajstić information content (AvgIpc) is 2.93. The first-order chi connectivity index (χ1) is 13.6. The van der Waals surface area contributed by atoms with Gasteiger partial charge in [0.25, 0.3) is 0 Å². The second kappa shape index (κ2) is 8.40. The number of carbonyl (C=O) groups is 3. The summed E-state index contributed by atoms with van der Waals surface area (Å²) in [6.45, 7) is 8.05. The van der Waals surface area contributed by atoms with E-state index in [-0.39, 0.29) is 36.0 Å². The highest BCUT2D eigenvalue weighted by molar-refractivity contribution is 5.81. The molecule has 2 bridgehead atoms. The minimum absolute atomic E-state index is 0.0180. The molecule has 0 aromatic heterocycles. The number of fused-ring (bicyclic) bond motifs is 2. The molecule has 8 nitrogen and oxygen atoms in total. The molecule has 3 unspecified atom stereocenters. The summed E-state index contributed by atoms with van der Waals surface area (Å²) < 4.78 is 5.62. The van der Waals surface area contributed by atoms with Gasteiger partial charge in [0.05, 0.1) is 12.0 Å². The Morgan fingerprint density at radius 1 is 0.897 bits per heavy atom. The van der Waals surface area contributed by atoms with Gasteiger partial charge in [-0.25, -0.2) is 9.59 Å². The van der Waals surface area contributed by atoms with Crippen LogP contribution in [0.25, 0.3) is 0 Å². The van der Waals surface area contributed by atoms with Gasteiger partial charge in [-0.1, -0.05) is 0 Å². The SMILES string of the molecule is CN(C)C(=O)N1CCCC(C(=O)N2CCC3CCC(C2)N3C(=O)OC(C)(C)C)C1. The van der Waals surface area contributed by atoms with Crippen LogP contribution in [0, 0.1) is 5.92 Å². The van der Waals surface area contributed by atoms with E-state index in [2.05, 4.69) is 0 Å². The van der Waals surface area contributed by atoms with Crippen LogP contribution in [0.2, 0.25) is 0 Å². The molecule has 0 aromatic carbocycles. The maximum absolute atomic E-state index is 13.3. The van der Waals surface area contributed by atoms with Gasteiger partial charge in [-0.2, -0.15) is 0 Å². The van der Waals surface area contributed by atoms with Crippen LogP contribution in [-0.4, -0.2) is 95.6 Å². The van der Waals surface area contributed by atoms with Crippen LogP contribution in [0.4, 0.5) is 9.59 Å². The predicted octanol–water partition coefficient (Wildman–Crippen LogP) is 2.38. The number of amides is 4. The second-order valence-electron chi connectivity index (χ2n) is 9.81. The quantitative estimate of drug-likeness (QED) is 0.668. The van der Waals surface area contributed by atoms with Gasteiger partial charge in [-0.3, -0.25) is 4.79 Å². The van der Waals surface area contributed by atoms with E-state index < -0.39 is 5.60 Å². The fourth-order valence-corrected chi connectivity index (χ4v) is 4.78. The zero-order chi connectivity index (χ0) is 21.3. The number of urea groups is 1. The molecule has 164 valence electrons. The molecule has 29 heavy (non-hydrogen) atoms. The van der Waals surface area contributed by atoms with Crippen molar-refractivity contribution in [2.24, 2.45) is 5.92 Å². The van der Waals surface area contributed by atoms with Crippen LogP contribution in [0.3, 0.4) is 0 Å². The van der Waals surface area contributed by atoms with Gasteiger partial charge in [0, 0.05) is 46.3 Å². The number of ether oxygens (including phenoxy) is 1. The summed E-state index contributed by atoms with van der Waals surface area (Å²) in [6.07, 6.45) is 4.06. The maximum Gasteiger partial charge on any atom is 0.410 e. The van der Waals surface area contributed by atoms with Gasteiger partial charge in [0.2, 0.25) is 5.91 Å². The summed E-state index contributed by atoms with van der Waals surface area (Å²) >= 11 is 0. The summed E-state index contributed by atoms with van der Waals surface area (Å²) in [7, 11) is 3.48. The van der Waals surface area contributed by atoms with Crippen LogP contribution in [0.15, 0.2) is 0 Å². The minimum atomic E-state index is -0.525. The molecule has 0 radical (unpaired) electrons. The molecular formula is C21H36N4O4. The third-order valence-corrected chi connectivity index (χ3v) is 6.12. The molecule has 3 heterocycles. The highest BCUT2D eigenvalue weighted by atomic mass is 16.6. The summed E-state index contributed by atoms with van der Waals surface area (Å²) in [5, 5.41) is 0. The van der Waals surface area contributed by atoms with Crippen molar-refractivity contribution in [2.75, 3.05) is 40.3 Å². The molecule has 0 saturated carbocycles. The Bertz CT molecular complexity index is 645. The van der Waals surface area contributed by atoms with Crippen molar-refractivity contribution >= 4 is 18.0 Å². The Hall–Kier alpha value is -1.99. The lowest BCUT2D eigenvalue weighted by Crippen LogP contribution is -2.51. The Morgan fingerprint density at radius 3 is 2.24 bits per heavy atom. The molecule has 0 spiro atoms. The summed E-state index contributed by atoms with van der Waals surface area (Å²) in [6, 6.07) is 0.128. The lowest BCUT2D eigenvalue weighted by molar-refractivity contribution is -0.137. The van der Waals surface area contributed by atoms with Crippen molar-refractivity contribution in [3.63, 3.8) is 0 Å². The molecule has 0 aromatic rings. The molecule has 4 amide bonds. The molecule has 0 N–H and O–H groups in total. The van der Waals surface area contributed by atoms with E-state index in [1.165, 1.54) is 0 Å². The van der Waals surface area contributed by atoms with Gasteiger partial charge in [0.15, 0.2) is 0 Å². The normalized spacial score (nSPS) is 27.5. The van der Waals surface area contributed by atoms with Gasteiger partial charge in [-0.15, -0.1) is 0 Å². The molecule has 3 rings (SSSR count). The van der Waals surface area contributed by atoms with Crippen molar-refractivity contribution < 1.29 is 19.1 Å². The van der Waals surface area contributed by atoms with Crippen LogP contribution in [0.5, 0.6) is 0 Å². The van der Waals surface area contributed by atoms with Crippen molar-refractivity contribution in [3.8, 4) is 0 Å². The van der Waals surface area contributed by atoms with E-state index in [4.69, 9.17) is 4.74 Å². The van der Waals surface area contributed by atoms with Gasteiger partial charge < -0.3 is 24.3 Å². The molecule has 8 heteroatoms. The standard InChI is InChI=1S/C21H36N4O4/c1-21(2,3)29-20(28)25-16-8-9-17(25)14-23(12-10-16)18(26)15-7-6-11-24(13-15)19(27)22(4)5/h15-17H,6-14H2,1-5H3. The lowest BCUT2D eigenvalue weighted by atomic mass is 9.96. The second-order valence-corrected chi connectivity index (χ2v) is 9.81. The molecular weight excluding hydrogens is 372 g/mol. The van der Waals surface area contributed by atoms with E-state index in [9.17, 15) is 14.4 Å². The zero-order valence-electron chi connectivity index (χ0n) is 18.5. The number of hydrogen-bond acceptors (Lipinski definition) is 4. The summed E-state index contributed by atoms with van der Waals surface area (Å²) in [5.74, 6) is -0.0304. The molecule has 3 aliphatic rings. The van der Waals surface area contributed by atoms with E-state index in [0.717, 1.165) is 32.1 Å². The third kappa shape index (κ3) is 4.95. The fraction of sp³-hybridized carbons (Fsp3) is 0.857. The van der Waals surface area contributed by atoms with E-state index in [0.29, 0.717) is 26.2 Å². The Kier molecular flexibility index (Phi) is 6.29. The maximum atomic E-state index is 13.3. The Balaban J connectivity index is 1.65. The molecule has 3 aliphatic heterocycles. The lowest BCUT2D eigenvalue weighted by Gasteiger charge is -2.36. The molecule has 3 fully saturated rings. The average molecular weight is 409 g/mol. The highest BCUT2D eigenvalue weighted by Gasteiger charge is 2.44. The highest BCUT2D eigenvalue weighted by Crippen LogP contribution is 2.33. The van der Waals surface area contributed by atoms with Crippen molar-refractivity contribution in [3.05, 3.63) is 0 Å². The largest absolute Gasteiger partial charge is 0.444 e. The van der Waals surface area contributed by atoms with E-state index in [1.807, 2.05) is 30.6 Å². The van der Waals surface area contributed by atoms with Crippen LogP contribution in [0.1, 0.15) is 52.9 Å². The monoisotopic (exact) mass is 408 g/mol. The first kappa shape index (κ1) is 21.7. The van der Waals surface area contributed by atoms with Gasteiger partial charge in [0.1, 0.15) is 5.60 Å². The number of nitrogens with zero attached hydrogens (tertiary/aromatic N) is 4. The first-order valence-electron chi connectivity index (χ1n) is 10.8. The van der Waals surface area contributed by atoms with Crippen LogP contribution in [-0.2, 0) is 9.53 Å². The fourth-order valence-electron chi connectivity index (χ4n) is 4.78. The van der Waals surface area contributed by atoms with Gasteiger partial charge in [-0.05, 0) is 52.9 Å². The number of rotatable bonds is 1. The topological polar surface area (TPSA) is 73.4 Å². The number of likely N-dealkylation sites (tertiary alicyclic amines) is 2. The van der Waals surface area contributed by atoms with E-state index >= 15 is 0 Å². The Morgan fingerprint density at radius 2 is 1.59 bits per heavy atom. The van der Waals surface area contributed by atoms with Gasteiger partial charge >= 0.3 is 12.1 Å². The van der Waals surface area contributed by atoms with Crippen molar-refractivity contribution in [1.82, 2.24) is 19.6 Å². The predicted molar refractivity (Wildman–Crippen MR) is 109 cm³/mol. The number of hydrogen-bond donors (Lipinski definition) is 0. The number of carbonyl (C=O) groups excluding carboxylic acids is 3. The molecule has 3 atom stereocenters. The van der Waals surface area contributed by atoms with Crippen molar-refractivity contribution in [1.29, 1.82) is 0 Å². The number of piperidine rings is 1. The summed E-state index contributed by atoms with van der Waals surface area (Å²) in [5.41, 5.74) is -0.525. The van der Waals surface area contributed by atoms with Crippen LogP contribution < -0.4 is 0 Å². The Labute approximate surface area is 174 Å². The minimum Gasteiger partial charge on any atom is -0.444 e. The van der Waals surface area contributed by atoms with Crippen molar-refractivity contribution in [2.45, 2.75) is 70.6 Å². The van der Waals surface area contributed by atoms with Crippen LogP contribution >= 0.6 is 0 Å². The molecule has 0 aliphatic carbocycles. The summed E-state index contributed by atoms with van der Waals surface area (Å²) in [4.78, 5) is 45.5.